The number of fused-ring (bicyclic) bond motifs is 1. The van der Waals surface area contributed by atoms with Gasteiger partial charge in [-0.15, -0.1) is 11.6 Å². The summed E-state index contributed by atoms with van der Waals surface area (Å²) in [4.78, 5) is 34.0. The van der Waals surface area contributed by atoms with Crippen molar-refractivity contribution in [3.05, 3.63) is 63.1 Å². The topological polar surface area (TPSA) is 66.1 Å². The van der Waals surface area contributed by atoms with Crippen LogP contribution in [0.5, 0.6) is 0 Å². The molecule has 0 saturated heterocycles. The van der Waals surface area contributed by atoms with E-state index < -0.39 is 5.41 Å². The first-order chi connectivity index (χ1) is 12.3. The number of rotatable bonds is 4. The average molecular weight is 378 g/mol. The van der Waals surface area contributed by atoms with Gasteiger partial charge >= 0.3 is 0 Å². The first-order valence-electron chi connectivity index (χ1n) is 8.51. The number of benzene rings is 1. The second-order valence-corrected chi connectivity index (χ2v) is 7.47. The van der Waals surface area contributed by atoms with Gasteiger partial charge in [-0.2, -0.15) is 0 Å². The number of carbonyl (C=O) groups excluding carboxylic acids is 1. The Morgan fingerprint density at radius 2 is 2.12 bits per heavy atom. The lowest BCUT2D eigenvalue weighted by Gasteiger charge is -2.33. The standard InChI is InChI=1S/C19H21ClFN3O2/c1-19(2,11-20)18(26)24-8-7-15-13(10-24)17(25)23-16(22-15)9-12-5-3-4-6-14(12)21/h3-6H,7-11H2,1-2H3,(H,22,23,25). The maximum Gasteiger partial charge on any atom is 0.256 e. The predicted octanol–water partition coefficient (Wildman–Crippen LogP) is 2.65. The Hall–Kier alpha value is -2.21. The third kappa shape index (κ3) is 3.65. The van der Waals surface area contributed by atoms with E-state index in [1.807, 2.05) is 0 Å². The number of nitrogens with zero attached hydrogens (tertiary/aromatic N) is 2. The Labute approximate surface area is 156 Å². The number of H-pyrrole nitrogens is 1. The molecule has 138 valence electrons. The van der Waals surface area contributed by atoms with Gasteiger partial charge in [-0.05, 0) is 25.5 Å². The molecule has 1 aromatic carbocycles. The van der Waals surface area contributed by atoms with Gasteiger partial charge in [-0.1, -0.05) is 18.2 Å². The van der Waals surface area contributed by atoms with Crippen LogP contribution in [0.3, 0.4) is 0 Å². The van der Waals surface area contributed by atoms with Crippen LogP contribution < -0.4 is 5.56 Å². The summed E-state index contributed by atoms with van der Waals surface area (Å²) in [6.07, 6.45) is 0.713. The zero-order valence-electron chi connectivity index (χ0n) is 14.8. The minimum Gasteiger partial charge on any atom is -0.337 e. The summed E-state index contributed by atoms with van der Waals surface area (Å²) >= 11 is 5.89. The van der Waals surface area contributed by atoms with E-state index in [1.165, 1.54) is 6.07 Å². The molecule has 0 atom stereocenters. The second kappa shape index (κ2) is 7.19. The van der Waals surface area contributed by atoms with Crippen LogP contribution >= 0.6 is 11.6 Å². The van der Waals surface area contributed by atoms with Crippen LogP contribution in [-0.4, -0.2) is 33.2 Å². The summed E-state index contributed by atoms with van der Waals surface area (Å²) in [7, 11) is 0. The fraction of sp³-hybridized carbons (Fsp3) is 0.421. The summed E-state index contributed by atoms with van der Waals surface area (Å²) in [6.45, 7) is 4.29. The summed E-state index contributed by atoms with van der Waals surface area (Å²) < 4.78 is 13.8. The van der Waals surface area contributed by atoms with Crippen molar-refractivity contribution in [3.63, 3.8) is 0 Å². The Bertz CT molecular complexity index is 895. The minimum absolute atomic E-state index is 0.0759. The molecule has 0 unspecified atom stereocenters. The Morgan fingerprint density at radius 1 is 1.38 bits per heavy atom. The van der Waals surface area contributed by atoms with Crippen LogP contribution in [0.1, 0.15) is 36.5 Å². The third-order valence-corrected chi connectivity index (χ3v) is 5.30. The van der Waals surface area contributed by atoms with Crippen molar-refractivity contribution in [1.29, 1.82) is 0 Å². The summed E-state index contributed by atoms with van der Waals surface area (Å²) in [5, 5.41) is 0. The zero-order valence-corrected chi connectivity index (χ0v) is 15.6. The minimum atomic E-state index is -0.677. The van der Waals surface area contributed by atoms with Gasteiger partial charge in [0.1, 0.15) is 11.6 Å². The van der Waals surface area contributed by atoms with Crippen LogP contribution in [-0.2, 0) is 24.2 Å². The number of aromatic nitrogens is 2. The number of amides is 1. The van der Waals surface area contributed by atoms with Crippen molar-refractivity contribution in [2.75, 3.05) is 12.4 Å². The van der Waals surface area contributed by atoms with Gasteiger partial charge in [-0.25, -0.2) is 9.37 Å². The lowest BCUT2D eigenvalue weighted by atomic mass is 9.93. The summed E-state index contributed by atoms with van der Waals surface area (Å²) in [6, 6.07) is 6.42. The van der Waals surface area contributed by atoms with Crippen molar-refractivity contribution in [2.24, 2.45) is 5.41 Å². The number of hydrogen-bond acceptors (Lipinski definition) is 3. The van der Waals surface area contributed by atoms with Gasteiger partial charge in [0.25, 0.3) is 5.56 Å². The Morgan fingerprint density at radius 3 is 2.81 bits per heavy atom. The van der Waals surface area contributed by atoms with Crippen LogP contribution in [0.25, 0.3) is 0 Å². The number of alkyl halides is 1. The molecule has 0 bridgehead atoms. The molecule has 1 aliphatic heterocycles. The SMILES string of the molecule is CC(C)(CCl)C(=O)N1CCc2nc(Cc3ccccc3F)[nH]c(=O)c2C1. The zero-order chi connectivity index (χ0) is 18.9. The van der Waals surface area contributed by atoms with E-state index in [1.54, 1.807) is 36.9 Å². The fourth-order valence-electron chi connectivity index (χ4n) is 3.04. The maximum atomic E-state index is 13.8. The highest BCUT2D eigenvalue weighted by Crippen LogP contribution is 2.24. The molecular formula is C19H21ClFN3O2. The van der Waals surface area contributed by atoms with Gasteiger partial charge in [0.2, 0.25) is 5.91 Å². The normalized spacial score (nSPS) is 14.2. The van der Waals surface area contributed by atoms with Crippen molar-refractivity contribution in [2.45, 2.75) is 33.2 Å². The molecule has 3 rings (SSSR count). The predicted molar refractivity (Wildman–Crippen MR) is 97.7 cm³/mol. The van der Waals surface area contributed by atoms with Gasteiger partial charge < -0.3 is 9.88 Å². The Kier molecular flexibility index (Phi) is 5.14. The highest BCUT2D eigenvalue weighted by molar-refractivity contribution is 6.19. The fourth-order valence-corrected chi connectivity index (χ4v) is 3.16. The van der Waals surface area contributed by atoms with E-state index >= 15 is 0 Å². The molecule has 26 heavy (non-hydrogen) atoms. The monoisotopic (exact) mass is 377 g/mol. The molecule has 0 saturated carbocycles. The van der Waals surface area contributed by atoms with E-state index in [-0.39, 0.29) is 36.1 Å². The number of aromatic amines is 1. The largest absolute Gasteiger partial charge is 0.337 e. The van der Waals surface area contributed by atoms with Crippen molar-refractivity contribution in [1.82, 2.24) is 14.9 Å². The molecule has 2 heterocycles. The van der Waals surface area contributed by atoms with Gasteiger partial charge in [-0.3, -0.25) is 9.59 Å². The van der Waals surface area contributed by atoms with E-state index in [9.17, 15) is 14.0 Å². The van der Waals surface area contributed by atoms with Gasteiger partial charge in [0.15, 0.2) is 0 Å². The molecule has 1 aromatic heterocycles. The van der Waals surface area contributed by atoms with E-state index in [0.717, 1.165) is 0 Å². The van der Waals surface area contributed by atoms with E-state index in [2.05, 4.69) is 9.97 Å². The molecule has 2 aromatic rings. The maximum absolute atomic E-state index is 13.8. The van der Waals surface area contributed by atoms with Crippen molar-refractivity contribution < 1.29 is 9.18 Å². The summed E-state index contributed by atoms with van der Waals surface area (Å²) in [5.41, 5.74) is 0.694. The number of halogens is 2. The molecule has 0 spiro atoms. The molecule has 0 fully saturated rings. The lowest BCUT2D eigenvalue weighted by Crippen LogP contribution is -2.46. The van der Waals surface area contributed by atoms with Gasteiger partial charge in [0, 0.05) is 25.3 Å². The molecule has 0 radical (unpaired) electrons. The van der Waals surface area contributed by atoms with Crippen LogP contribution in [0.2, 0.25) is 0 Å². The molecule has 1 aliphatic rings. The average Bonchev–Trinajstić information content (AvgIpc) is 2.63. The van der Waals surface area contributed by atoms with E-state index in [4.69, 9.17) is 11.6 Å². The molecule has 7 heteroatoms. The highest BCUT2D eigenvalue weighted by atomic mass is 35.5. The molecule has 1 N–H and O–H groups in total. The number of hydrogen-bond donors (Lipinski definition) is 1. The third-order valence-electron chi connectivity index (χ3n) is 4.63. The van der Waals surface area contributed by atoms with Crippen molar-refractivity contribution in [3.8, 4) is 0 Å². The number of nitrogens with one attached hydrogen (secondary N) is 1. The van der Waals surface area contributed by atoms with E-state index in [0.29, 0.717) is 35.6 Å². The summed E-state index contributed by atoms with van der Waals surface area (Å²) in [5.74, 6) is 0.242. The van der Waals surface area contributed by atoms with Crippen LogP contribution in [0, 0.1) is 11.2 Å². The molecule has 0 aliphatic carbocycles. The first kappa shape index (κ1) is 18.6. The van der Waals surface area contributed by atoms with Crippen molar-refractivity contribution >= 4 is 17.5 Å². The Balaban J connectivity index is 1.84. The first-order valence-corrected chi connectivity index (χ1v) is 9.05. The van der Waals surface area contributed by atoms with Gasteiger partial charge in [0.05, 0.1) is 23.2 Å². The molecule has 5 nitrogen and oxygen atoms in total. The molecule has 1 amide bonds. The quantitative estimate of drug-likeness (QED) is 0.833. The molecular weight excluding hydrogens is 357 g/mol. The second-order valence-electron chi connectivity index (χ2n) is 7.20. The van der Waals surface area contributed by atoms with Crippen LogP contribution in [0.4, 0.5) is 4.39 Å². The lowest BCUT2D eigenvalue weighted by molar-refractivity contribution is -0.140. The highest BCUT2D eigenvalue weighted by Gasteiger charge is 2.34. The van der Waals surface area contributed by atoms with Crippen LogP contribution in [0.15, 0.2) is 29.1 Å². The smallest absolute Gasteiger partial charge is 0.256 e. The number of carbonyl (C=O) groups is 1.